The quantitative estimate of drug-likeness (QED) is 0.547. The highest BCUT2D eigenvalue weighted by Gasteiger charge is 2.39. The number of hydrogen-bond acceptors (Lipinski definition) is 5. The minimum Gasteiger partial charge on any atom is -0.497 e. The second-order valence-electron chi connectivity index (χ2n) is 7.13. The Labute approximate surface area is 161 Å². The fourth-order valence-electron chi connectivity index (χ4n) is 2.99. The van der Waals surface area contributed by atoms with Gasteiger partial charge in [0, 0.05) is 26.2 Å². The summed E-state index contributed by atoms with van der Waals surface area (Å²) >= 11 is 0. The summed E-state index contributed by atoms with van der Waals surface area (Å²) in [5.74, 6) is 1.07. The number of amides is 2. The van der Waals surface area contributed by atoms with Crippen LogP contribution in [-0.2, 0) is 9.59 Å². The van der Waals surface area contributed by atoms with Crippen molar-refractivity contribution in [2.75, 3.05) is 53.0 Å². The lowest BCUT2D eigenvalue weighted by molar-refractivity contribution is -0.149. The number of piperazine rings is 1. The highest BCUT2D eigenvalue weighted by atomic mass is 16.5. The Hall–Kier alpha value is -2.28. The van der Waals surface area contributed by atoms with Gasteiger partial charge in [-0.3, -0.25) is 9.59 Å². The van der Waals surface area contributed by atoms with E-state index < -0.39 is 5.41 Å². The highest BCUT2D eigenvalue weighted by Crippen LogP contribution is 2.21. The predicted octanol–water partition coefficient (Wildman–Crippen LogP) is 1.38. The summed E-state index contributed by atoms with van der Waals surface area (Å²) in [4.78, 5) is 29.4. The maximum absolute atomic E-state index is 12.8. The molecule has 1 fully saturated rings. The standard InChI is InChI=1S/C20H31N3O4/c1-5-22-11-13-23(14-12-22)19(25)20(2,3)18(24)21-10-15-27-17-8-6-16(26-4)7-9-17/h6-9H,5,10-15H2,1-4H3,(H,21,24). The molecule has 1 aromatic carbocycles. The molecule has 2 amide bonds. The molecular weight excluding hydrogens is 346 g/mol. The second-order valence-corrected chi connectivity index (χ2v) is 7.13. The minimum absolute atomic E-state index is 0.119. The van der Waals surface area contributed by atoms with Crippen molar-refractivity contribution in [1.29, 1.82) is 0 Å². The van der Waals surface area contributed by atoms with Crippen LogP contribution in [0.2, 0.25) is 0 Å². The van der Waals surface area contributed by atoms with Crippen LogP contribution >= 0.6 is 0 Å². The van der Waals surface area contributed by atoms with Gasteiger partial charge in [-0.1, -0.05) is 6.92 Å². The van der Waals surface area contributed by atoms with Crippen molar-refractivity contribution in [2.45, 2.75) is 20.8 Å². The SMILES string of the molecule is CCN1CCN(C(=O)C(C)(C)C(=O)NCCOc2ccc(OC)cc2)CC1. The van der Waals surface area contributed by atoms with Crippen LogP contribution in [0, 0.1) is 5.41 Å². The van der Waals surface area contributed by atoms with Crippen molar-refractivity contribution in [2.24, 2.45) is 5.41 Å². The number of likely N-dealkylation sites (N-methyl/N-ethyl adjacent to an activating group) is 1. The van der Waals surface area contributed by atoms with Crippen LogP contribution in [0.1, 0.15) is 20.8 Å². The first-order chi connectivity index (χ1) is 12.9. The Morgan fingerprint density at radius 3 is 2.22 bits per heavy atom. The lowest BCUT2D eigenvalue weighted by Gasteiger charge is -2.37. The average Bonchev–Trinajstić information content (AvgIpc) is 2.70. The molecule has 1 saturated heterocycles. The molecule has 27 heavy (non-hydrogen) atoms. The molecule has 0 saturated carbocycles. The molecule has 150 valence electrons. The first kappa shape index (κ1) is 21.0. The molecule has 1 aliphatic heterocycles. The van der Waals surface area contributed by atoms with E-state index in [0.717, 1.165) is 25.4 Å². The van der Waals surface area contributed by atoms with Gasteiger partial charge in [-0.05, 0) is 44.7 Å². The molecule has 1 N–H and O–H groups in total. The second kappa shape index (κ2) is 9.60. The van der Waals surface area contributed by atoms with E-state index in [1.54, 1.807) is 25.9 Å². The molecule has 7 heteroatoms. The van der Waals surface area contributed by atoms with E-state index in [1.807, 2.05) is 24.3 Å². The molecule has 0 radical (unpaired) electrons. The Balaban J connectivity index is 1.76. The summed E-state index contributed by atoms with van der Waals surface area (Å²) in [5.41, 5.74) is -1.09. The van der Waals surface area contributed by atoms with Crippen molar-refractivity contribution in [3.8, 4) is 11.5 Å². The molecule has 2 rings (SSSR count). The van der Waals surface area contributed by atoms with E-state index >= 15 is 0 Å². The number of methoxy groups -OCH3 is 1. The van der Waals surface area contributed by atoms with Gasteiger partial charge in [-0.15, -0.1) is 0 Å². The van der Waals surface area contributed by atoms with Gasteiger partial charge >= 0.3 is 0 Å². The molecule has 0 spiro atoms. The van der Waals surface area contributed by atoms with E-state index in [4.69, 9.17) is 9.47 Å². The number of carbonyl (C=O) groups excluding carboxylic acids is 2. The Bertz CT molecular complexity index is 623. The fraction of sp³-hybridized carbons (Fsp3) is 0.600. The molecular formula is C20H31N3O4. The molecule has 7 nitrogen and oxygen atoms in total. The molecule has 1 aliphatic rings. The lowest BCUT2D eigenvalue weighted by Crippen LogP contribution is -2.55. The lowest BCUT2D eigenvalue weighted by atomic mass is 9.90. The number of benzene rings is 1. The first-order valence-corrected chi connectivity index (χ1v) is 9.45. The smallest absolute Gasteiger partial charge is 0.237 e. The van der Waals surface area contributed by atoms with Crippen molar-refractivity contribution in [1.82, 2.24) is 15.1 Å². The average molecular weight is 377 g/mol. The van der Waals surface area contributed by atoms with E-state index in [1.165, 1.54) is 0 Å². The van der Waals surface area contributed by atoms with Crippen LogP contribution in [0.5, 0.6) is 11.5 Å². The van der Waals surface area contributed by atoms with E-state index in [-0.39, 0.29) is 11.8 Å². The van der Waals surface area contributed by atoms with Gasteiger partial charge in [-0.25, -0.2) is 0 Å². The largest absolute Gasteiger partial charge is 0.497 e. The maximum atomic E-state index is 12.8. The third-order valence-electron chi connectivity index (χ3n) is 4.92. The van der Waals surface area contributed by atoms with Crippen molar-refractivity contribution in [3.63, 3.8) is 0 Å². The van der Waals surface area contributed by atoms with Gasteiger partial charge in [0.25, 0.3) is 0 Å². The van der Waals surface area contributed by atoms with Crippen molar-refractivity contribution >= 4 is 11.8 Å². The molecule has 0 unspecified atom stereocenters. The van der Waals surface area contributed by atoms with Crippen molar-refractivity contribution in [3.05, 3.63) is 24.3 Å². The third-order valence-corrected chi connectivity index (χ3v) is 4.92. The third kappa shape index (κ3) is 5.60. The summed E-state index contributed by atoms with van der Waals surface area (Å²) in [6.07, 6.45) is 0. The number of ether oxygens (including phenoxy) is 2. The van der Waals surface area contributed by atoms with Crippen LogP contribution in [0.25, 0.3) is 0 Å². The van der Waals surface area contributed by atoms with Crippen LogP contribution in [0.3, 0.4) is 0 Å². The van der Waals surface area contributed by atoms with E-state index in [2.05, 4.69) is 17.1 Å². The zero-order chi connectivity index (χ0) is 19.9. The van der Waals surface area contributed by atoms with Crippen LogP contribution < -0.4 is 14.8 Å². The Kier molecular flexibility index (Phi) is 7.47. The maximum Gasteiger partial charge on any atom is 0.237 e. The van der Waals surface area contributed by atoms with Gasteiger partial charge < -0.3 is 24.6 Å². The number of nitrogens with one attached hydrogen (secondary N) is 1. The van der Waals surface area contributed by atoms with Gasteiger partial charge in [-0.2, -0.15) is 0 Å². The van der Waals surface area contributed by atoms with Gasteiger partial charge in [0.2, 0.25) is 11.8 Å². The van der Waals surface area contributed by atoms with E-state index in [0.29, 0.717) is 32.0 Å². The summed E-state index contributed by atoms with van der Waals surface area (Å²) in [5, 5.41) is 2.81. The minimum atomic E-state index is -1.09. The predicted molar refractivity (Wildman–Crippen MR) is 104 cm³/mol. The Morgan fingerprint density at radius 2 is 1.67 bits per heavy atom. The van der Waals surface area contributed by atoms with E-state index in [9.17, 15) is 9.59 Å². The number of rotatable bonds is 8. The molecule has 0 aromatic heterocycles. The highest BCUT2D eigenvalue weighted by molar-refractivity contribution is 6.04. The van der Waals surface area contributed by atoms with Crippen molar-refractivity contribution < 1.29 is 19.1 Å². The first-order valence-electron chi connectivity index (χ1n) is 9.45. The van der Waals surface area contributed by atoms with Gasteiger partial charge in [0.1, 0.15) is 23.5 Å². The molecule has 1 aromatic rings. The van der Waals surface area contributed by atoms with Crippen LogP contribution in [0.4, 0.5) is 0 Å². The van der Waals surface area contributed by atoms with Gasteiger partial charge in [0.05, 0.1) is 13.7 Å². The fourth-order valence-corrected chi connectivity index (χ4v) is 2.99. The summed E-state index contributed by atoms with van der Waals surface area (Å²) in [6.45, 7) is 10.2. The zero-order valence-corrected chi connectivity index (χ0v) is 16.8. The molecule has 0 bridgehead atoms. The molecule has 1 heterocycles. The monoisotopic (exact) mass is 377 g/mol. The normalized spacial score (nSPS) is 15.3. The number of carbonyl (C=O) groups is 2. The molecule has 0 aliphatic carbocycles. The zero-order valence-electron chi connectivity index (χ0n) is 16.8. The Morgan fingerprint density at radius 1 is 1.07 bits per heavy atom. The van der Waals surface area contributed by atoms with Crippen LogP contribution in [-0.4, -0.2) is 74.6 Å². The topological polar surface area (TPSA) is 71.1 Å². The molecule has 0 atom stereocenters. The summed E-state index contributed by atoms with van der Waals surface area (Å²) in [7, 11) is 1.61. The summed E-state index contributed by atoms with van der Waals surface area (Å²) in [6, 6.07) is 7.25. The van der Waals surface area contributed by atoms with Gasteiger partial charge in [0.15, 0.2) is 0 Å². The number of nitrogens with zero attached hydrogens (tertiary/aromatic N) is 2. The number of hydrogen-bond donors (Lipinski definition) is 1. The summed E-state index contributed by atoms with van der Waals surface area (Å²) < 4.78 is 10.7. The van der Waals surface area contributed by atoms with Crippen LogP contribution in [0.15, 0.2) is 24.3 Å².